The Balaban J connectivity index is 1.25. The molecule has 1 amide bonds. The van der Waals surface area contributed by atoms with Crippen molar-refractivity contribution in [2.24, 2.45) is 0 Å². The molecule has 2 aromatic heterocycles. The molecule has 3 heterocycles. The number of fused-ring (bicyclic) bond motifs is 1. The zero-order valence-corrected chi connectivity index (χ0v) is 20.5. The van der Waals surface area contributed by atoms with Gasteiger partial charge in [0, 0.05) is 47.5 Å². The first-order valence-corrected chi connectivity index (χ1v) is 12.4. The molecule has 1 aliphatic rings. The summed E-state index contributed by atoms with van der Waals surface area (Å²) in [5, 5.41) is 11.4. The summed E-state index contributed by atoms with van der Waals surface area (Å²) >= 11 is 0. The van der Waals surface area contributed by atoms with Crippen molar-refractivity contribution in [3.63, 3.8) is 0 Å². The monoisotopic (exact) mass is 507 g/mol. The molecule has 1 atom stereocenters. The molecule has 2 N–H and O–H groups in total. The van der Waals surface area contributed by atoms with Crippen molar-refractivity contribution in [2.75, 3.05) is 19.6 Å². The van der Waals surface area contributed by atoms with Crippen LogP contribution in [0.4, 0.5) is 13.2 Å². The molecule has 0 unspecified atom stereocenters. The Kier molecular flexibility index (Phi) is 6.97. The highest BCUT2D eigenvalue weighted by atomic mass is 19.4. The number of likely N-dealkylation sites (tertiary alicyclic amines) is 1. The molecule has 0 saturated carbocycles. The molecule has 1 saturated heterocycles. The van der Waals surface area contributed by atoms with Crippen molar-refractivity contribution >= 4 is 16.8 Å². The van der Waals surface area contributed by atoms with E-state index in [1.165, 1.54) is 6.07 Å². The minimum atomic E-state index is -4.36. The van der Waals surface area contributed by atoms with Gasteiger partial charge >= 0.3 is 6.18 Å². The van der Waals surface area contributed by atoms with Crippen LogP contribution in [0.5, 0.6) is 0 Å². The maximum atomic E-state index is 13.3. The first-order valence-electron chi connectivity index (χ1n) is 12.4. The quantitative estimate of drug-likeness (QED) is 0.367. The van der Waals surface area contributed by atoms with Gasteiger partial charge in [0.25, 0.3) is 5.91 Å². The maximum absolute atomic E-state index is 13.3. The van der Waals surface area contributed by atoms with Gasteiger partial charge in [-0.1, -0.05) is 18.2 Å². The minimum absolute atomic E-state index is 0.0681. The Morgan fingerprint density at radius 2 is 2.00 bits per heavy atom. The summed E-state index contributed by atoms with van der Waals surface area (Å²) in [4.78, 5) is 19.5. The molecule has 0 radical (unpaired) electrons. The Bertz CT molecular complexity index is 1410. The molecular weight excluding hydrogens is 479 g/mol. The van der Waals surface area contributed by atoms with Crippen molar-refractivity contribution in [1.29, 1.82) is 0 Å². The van der Waals surface area contributed by atoms with Gasteiger partial charge in [-0.3, -0.25) is 14.9 Å². The van der Waals surface area contributed by atoms with E-state index in [9.17, 15) is 18.0 Å². The van der Waals surface area contributed by atoms with Crippen molar-refractivity contribution in [1.82, 2.24) is 25.4 Å². The Morgan fingerprint density at radius 3 is 2.81 bits per heavy atom. The van der Waals surface area contributed by atoms with Crippen molar-refractivity contribution in [3.8, 4) is 11.3 Å². The summed E-state index contributed by atoms with van der Waals surface area (Å²) in [7, 11) is 0. The van der Waals surface area contributed by atoms with E-state index in [1.54, 1.807) is 24.4 Å². The predicted octanol–water partition coefficient (Wildman–Crippen LogP) is 5.39. The molecule has 1 fully saturated rings. The van der Waals surface area contributed by atoms with Crippen LogP contribution in [0.15, 0.2) is 60.8 Å². The lowest BCUT2D eigenvalue weighted by Crippen LogP contribution is -2.48. The largest absolute Gasteiger partial charge is 0.416 e. The second kappa shape index (κ2) is 10.3. The molecule has 2 aromatic carbocycles. The summed E-state index contributed by atoms with van der Waals surface area (Å²) in [5.74, 6) is -0.172. The fourth-order valence-corrected chi connectivity index (χ4v) is 5.01. The lowest BCUT2D eigenvalue weighted by atomic mass is 10.0. The van der Waals surface area contributed by atoms with Gasteiger partial charge in [-0.2, -0.15) is 18.3 Å². The van der Waals surface area contributed by atoms with Crippen LogP contribution in [0.2, 0.25) is 0 Å². The second-order valence-electron chi connectivity index (χ2n) is 9.54. The number of amides is 1. The van der Waals surface area contributed by atoms with Crippen LogP contribution in [-0.2, 0) is 12.6 Å². The SMILES string of the molecule is Cc1cc(-c2n[nH]c3ccc(C(=O)N[C@@H]4CCCN(CCc5ccccc5C(F)(F)F)C4)cc23)ccn1. The number of halogens is 3. The van der Waals surface area contributed by atoms with Gasteiger partial charge in [-0.15, -0.1) is 0 Å². The van der Waals surface area contributed by atoms with Crippen molar-refractivity contribution < 1.29 is 18.0 Å². The van der Waals surface area contributed by atoms with E-state index < -0.39 is 11.7 Å². The van der Waals surface area contributed by atoms with E-state index in [2.05, 4.69) is 25.4 Å². The van der Waals surface area contributed by atoms with E-state index in [1.807, 2.05) is 31.2 Å². The van der Waals surface area contributed by atoms with E-state index in [4.69, 9.17) is 0 Å². The van der Waals surface area contributed by atoms with Gasteiger partial charge in [0.15, 0.2) is 0 Å². The molecular formula is C28H28F3N5O. The number of carbonyl (C=O) groups is 1. The number of aromatic nitrogens is 3. The number of H-pyrrole nitrogens is 1. The molecule has 0 bridgehead atoms. The normalized spacial score (nSPS) is 16.7. The fourth-order valence-electron chi connectivity index (χ4n) is 5.01. The fraction of sp³-hybridized carbons (Fsp3) is 0.321. The van der Waals surface area contributed by atoms with Crippen LogP contribution < -0.4 is 5.32 Å². The number of aromatic amines is 1. The number of benzene rings is 2. The van der Waals surface area contributed by atoms with Crippen molar-refractivity contribution in [3.05, 3.63) is 83.2 Å². The van der Waals surface area contributed by atoms with Crippen LogP contribution in [0.1, 0.15) is 40.0 Å². The number of carbonyl (C=O) groups excluding carboxylic acids is 1. The molecule has 5 rings (SSSR count). The summed E-state index contributed by atoms with van der Waals surface area (Å²) < 4.78 is 40.0. The van der Waals surface area contributed by atoms with E-state index in [0.717, 1.165) is 53.3 Å². The third kappa shape index (κ3) is 5.67. The first-order chi connectivity index (χ1) is 17.8. The van der Waals surface area contributed by atoms with Gasteiger partial charge in [0.05, 0.1) is 11.1 Å². The van der Waals surface area contributed by atoms with E-state index in [-0.39, 0.29) is 11.9 Å². The third-order valence-corrected chi connectivity index (χ3v) is 6.86. The average molecular weight is 508 g/mol. The Hall–Kier alpha value is -3.72. The molecule has 192 valence electrons. The number of aryl methyl sites for hydroxylation is 1. The molecule has 6 nitrogen and oxygen atoms in total. The van der Waals surface area contributed by atoms with Crippen LogP contribution in [-0.4, -0.2) is 51.7 Å². The van der Waals surface area contributed by atoms with Gasteiger partial charge in [0.1, 0.15) is 5.69 Å². The molecule has 0 aliphatic carbocycles. The molecule has 4 aromatic rings. The maximum Gasteiger partial charge on any atom is 0.416 e. The number of nitrogens with one attached hydrogen (secondary N) is 2. The van der Waals surface area contributed by atoms with Gasteiger partial charge in [-0.25, -0.2) is 0 Å². The van der Waals surface area contributed by atoms with Crippen LogP contribution in [0, 0.1) is 6.92 Å². The third-order valence-electron chi connectivity index (χ3n) is 6.86. The molecule has 9 heteroatoms. The second-order valence-corrected chi connectivity index (χ2v) is 9.54. The topological polar surface area (TPSA) is 73.9 Å². The number of nitrogens with zero attached hydrogens (tertiary/aromatic N) is 3. The first kappa shape index (κ1) is 25.0. The summed E-state index contributed by atoms with van der Waals surface area (Å²) in [5.41, 5.74) is 3.67. The van der Waals surface area contributed by atoms with Gasteiger partial charge in [0.2, 0.25) is 0 Å². The molecule has 0 spiro atoms. The summed E-state index contributed by atoms with van der Waals surface area (Å²) in [6, 6.07) is 15.0. The number of alkyl halides is 3. The lowest BCUT2D eigenvalue weighted by Gasteiger charge is -2.33. The number of rotatable bonds is 6. The minimum Gasteiger partial charge on any atom is -0.348 e. The van der Waals surface area contributed by atoms with Crippen LogP contribution >= 0.6 is 0 Å². The zero-order chi connectivity index (χ0) is 26.0. The van der Waals surface area contributed by atoms with E-state index >= 15 is 0 Å². The smallest absolute Gasteiger partial charge is 0.348 e. The van der Waals surface area contributed by atoms with Crippen LogP contribution in [0.25, 0.3) is 22.2 Å². The highest BCUT2D eigenvalue weighted by Gasteiger charge is 2.33. The Labute approximate surface area is 212 Å². The number of hydrogen-bond acceptors (Lipinski definition) is 4. The molecule has 37 heavy (non-hydrogen) atoms. The average Bonchev–Trinajstić information content (AvgIpc) is 3.31. The van der Waals surface area contributed by atoms with Gasteiger partial charge < -0.3 is 10.2 Å². The summed E-state index contributed by atoms with van der Waals surface area (Å²) in [6.07, 6.45) is -0.612. The van der Waals surface area contributed by atoms with E-state index in [0.29, 0.717) is 30.6 Å². The van der Waals surface area contributed by atoms with Crippen LogP contribution in [0.3, 0.4) is 0 Å². The molecule has 1 aliphatic heterocycles. The number of piperidine rings is 1. The zero-order valence-electron chi connectivity index (χ0n) is 20.5. The highest BCUT2D eigenvalue weighted by molar-refractivity contribution is 6.01. The summed E-state index contributed by atoms with van der Waals surface area (Å²) in [6.45, 7) is 3.83. The van der Waals surface area contributed by atoms with Gasteiger partial charge in [-0.05, 0) is 74.7 Å². The standard InChI is InChI=1S/C28H28F3N5O/c1-18-15-20(10-12-32-18)26-23-16-21(8-9-25(23)34-35-26)27(37)33-22-6-4-13-36(17-22)14-11-19-5-2-3-7-24(19)28(29,30)31/h2-3,5,7-10,12,15-16,22H,4,6,11,13-14,17H2,1H3,(H,33,37)(H,34,35)/t22-/m1/s1. The number of pyridine rings is 1. The highest BCUT2D eigenvalue weighted by Crippen LogP contribution is 2.32. The van der Waals surface area contributed by atoms with Crippen molar-refractivity contribution in [2.45, 2.75) is 38.4 Å². The predicted molar refractivity (Wildman–Crippen MR) is 136 cm³/mol. The Morgan fingerprint density at radius 1 is 1.16 bits per heavy atom. The number of hydrogen-bond donors (Lipinski definition) is 2. The lowest BCUT2D eigenvalue weighted by molar-refractivity contribution is -0.138.